The molecule has 5 aromatic rings. The lowest BCUT2D eigenvalue weighted by Crippen LogP contribution is -2.39. The largest absolute Gasteiger partial charge is 0.497 e. The van der Waals surface area contributed by atoms with E-state index in [1.54, 1.807) is 7.11 Å². The first-order valence-corrected chi connectivity index (χ1v) is 18.9. The highest BCUT2D eigenvalue weighted by molar-refractivity contribution is 6.07. The lowest BCUT2D eigenvalue weighted by molar-refractivity contribution is 0.0865. The molecule has 9 rings (SSSR count). The summed E-state index contributed by atoms with van der Waals surface area (Å²) in [6.45, 7) is 11.4. The fraction of sp³-hybridized carbons (Fsp3) is 0.378. The van der Waals surface area contributed by atoms with Gasteiger partial charge in [0.05, 0.1) is 33.5 Å². The van der Waals surface area contributed by atoms with Crippen molar-refractivity contribution in [3.63, 3.8) is 0 Å². The van der Waals surface area contributed by atoms with Crippen LogP contribution in [0.3, 0.4) is 0 Å². The van der Waals surface area contributed by atoms with Crippen molar-refractivity contribution in [1.29, 1.82) is 0 Å². The summed E-state index contributed by atoms with van der Waals surface area (Å²) in [5.41, 5.74) is 11.2. The predicted octanol–water partition coefficient (Wildman–Crippen LogP) is 8.88. The lowest BCUT2D eigenvalue weighted by atomic mass is 9.69. The van der Waals surface area contributed by atoms with Gasteiger partial charge in [0.2, 0.25) is 0 Å². The van der Waals surface area contributed by atoms with Gasteiger partial charge >= 0.3 is 0 Å². The maximum Gasteiger partial charge on any atom is 0.159 e. The molecule has 2 fully saturated rings. The third kappa shape index (κ3) is 5.05. The maximum atomic E-state index is 7.79. The zero-order valence-corrected chi connectivity index (χ0v) is 30.2. The van der Waals surface area contributed by atoms with E-state index < -0.39 is 5.60 Å². The van der Waals surface area contributed by atoms with Gasteiger partial charge in [0, 0.05) is 59.5 Å². The van der Waals surface area contributed by atoms with Crippen molar-refractivity contribution in [2.24, 2.45) is 0 Å². The van der Waals surface area contributed by atoms with Gasteiger partial charge in [-0.25, -0.2) is 0 Å². The first-order valence-electron chi connectivity index (χ1n) is 18.9. The van der Waals surface area contributed by atoms with E-state index in [4.69, 9.17) is 18.9 Å². The van der Waals surface area contributed by atoms with E-state index in [2.05, 4.69) is 115 Å². The van der Waals surface area contributed by atoms with Gasteiger partial charge in [0.1, 0.15) is 11.5 Å². The minimum Gasteiger partial charge on any atom is -0.497 e. The molecule has 0 saturated carbocycles. The SMILES string of the molecule is CCC1(CC)c2ccccc2-c2c1c1c(c3cc(N4CCOCC4)ccc23)OC(c2ccc(OC)cc2)(c2ccc(N3CCOCC3)cc2)CC1. The van der Waals surface area contributed by atoms with Crippen molar-refractivity contribution in [1.82, 2.24) is 0 Å². The molecule has 3 aliphatic heterocycles. The Morgan fingerprint density at radius 2 is 1.29 bits per heavy atom. The standard InChI is InChI=1S/C45H48N2O4/c1-4-44(5-2)40-9-7-6-8-37(40)41-36-19-16-34(47-24-28-50-29-25-47)30-39(36)43-38(42(41)44)20-21-45(51-43,32-12-17-35(48-3)18-13-32)31-10-14-33(15-11-31)46-22-26-49-27-23-46/h6-19,30H,4-5,20-29H2,1-3H3. The van der Waals surface area contributed by atoms with E-state index in [9.17, 15) is 0 Å². The molecule has 6 nitrogen and oxygen atoms in total. The van der Waals surface area contributed by atoms with Crippen LogP contribution in [0.5, 0.6) is 11.5 Å². The van der Waals surface area contributed by atoms with Crippen molar-refractivity contribution in [2.75, 3.05) is 69.5 Å². The summed E-state index contributed by atoms with van der Waals surface area (Å²) < 4.78 is 24.8. The predicted molar refractivity (Wildman–Crippen MR) is 206 cm³/mol. The second-order valence-corrected chi connectivity index (χ2v) is 14.5. The van der Waals surface area contributed by atoms with Gasteiger partial charge in [-0.15, -0.1) is 0 Å². The molecule has 262 valence electrons. The number of benzene rings is 5. The number of hydrogen-bond acceptors (Lipinski definition) is 6. The molecular weight excluding hydrogens is 633 g/mol. The summed E-state index contributed by atoms with van der Waals surface area (Å²) in [7, 11) is 1.73. The molecule has 3 heterocycles. The molecule has 1 aliphatic carbocycles. The van der Waals surface area contributed by atoms with Gasteiger partial charge in [0.25, 0.3) is 0 Å². The molecule has 0 radical (unpaired) electrons. The second kappa shape index (κ2) is 12.9. The summed E-state index contributed by atoms with van der Waals surface area (Å²) in [5.74, 6) is 1.89. The van der Waals surface area contributed by atoms with Crippen LogP contribution in [0.25, 0.3) is 21.9 Å². The number of ether oxygens (including phenoxy) is 4. The van der Waals surface area contributed by atoms with Crippen LogP contribution in [0.1, 0.15) is 60.9 Å². The highest BCUT2D eigenvalue weighted by Crippen LogP contribution is 2.61. The monoisotopic (exact) mass is 680 g/mol. The summed E-state index contributed by atoms with van der Waals surface area (Å²) in [4.78, 5) is 4.88. The van der Waals surface area contributed by atoms with E-state index in [0.29, 0.717) is 0 Å². The molecule has 0 aromatic heterocycles. The summed E-state index contributed by atoms with van der Waals surface area (Å²) >= 11 is 0. The first-order chi connectivity index (χ1) is 25.1. The van der Waals surface area contributed by atoms with E-state index in [-0.39, 0.29) is 5.41 Å². The van der Waals surface area contributed by atoms with Crippen LogP contribution >= 0.6 is 0 Å². The van der Waals surface area contributed by atoms with Crippen molar-refractivity contribution in [3.05, 3.63) is 119 Å². The average molecular weight is 681 g/mol. The van der Waals surface area contributed by atoms with Gasteiger partial charge < -0.3 is 28.7 Å². The smallest absolute Gasteiger partial charge is 0.159 e. The molecular formula is C45H48N2O4. The zero-order chi connectivity index (χ0) is 34.6. The molecule has 0 amide bonds. The Hall–Kier alpha value is -4.52. The normalized spacial score (nSPS) is 20.8. The van der Waals surface area contributed by atoms with Crippen molar-refractivity contribution >= 4 is 22.1 Å². The number of rotatable bonds is 7. The van der Waals surface area contributed by atoms with Crippen LogP contribution in [0.4, 0.5) is 11.4 Å². The number of fused-ring (bicyclic) bond motifs is 8. The van der Waals surface area contributed by atoms with Crippen LogP contribution in [-0.4, -0.2) is 59.7 Å². The molecule has 2 saturated heterocycles. The van der Waals surface area contributed by atoms with Gasteiger partial charge in [-0.3, -0.25) is 0 Å². The molecule has 0 spiro atoms. The Balaban J connectivity index is 1.28. The number of morpholine rings is 2. The minimum absolute atomic E-state index is 0.0592. The Kier molecular flexibility index (Phi) is 8.20. The van der Waals surface area contributed by atoms with E-state index in [1.807, 2.05) is 0 Å². The Labute approximate surface area is 301 Å². The summed E-state index contributed by atoms with van der Waals surface area (Å²) in [6, 6.07) is 34.0. The molecule has 6 heteroatoms. The number of hydrogen-bond donors (Lipinski definition) is 0. The average Bonchev–Trinajstić information content (AvgIpc) is 3.52. The molecule has 1 unspecified atom stereocenters. The molecule has 5 aromatic carbocycles. The fourth-order valence-electron chi connectivity index (χ4n) is 9.64. The van der Waals surface area contributed by atoms with Crippen molar-refractivity contribution in [2.45, 2.75) is 50.5 Å². The van der Waals surface area contributed by atoms with E-state index in [1.165, 1.54) is 55.5 Å². The Morgan fingerprint density at radius 1 is 0.686 bits per heavy atom. The topological polar surface area (TPSA) is 43.4 Å². The van der Waals surface area contributed by atoms with Gasteiger partial charge in [0.15, 0.2) is 5.60 Å². The van der Waals surface area contributed by atoms with Gasteiger partial charge in [-0.05, 0) is 95.3 Å². The molecule has 0 bridgehead atoms. The number of methoxy groups -OCH3 is 1. The molecule has 51 heavy (non-hydrogen) atoms. The number of nitrogens with zero attached hydrogens (tertiary/aromatic N) is 2. The lowest BCUT2D eigenvalue weighted by Gasteiger charge is -2.43. The van der Waals surface area contributed by atoms with Crippen LogP contribution in [0.15, 0.2) is 91.0 Å². The van der Waals surface area contributed by atoms with Crippen LogP contribution in [0, 0.1) is 0 Å². The third-order valence-electron chi connectivity index (χ3n) is 12.4. The molecule has 0 N–H and O–H groups in total. The second-order valence-electron chi connectivity index (χ2n) is 14.5. The van der Waals surface area contributed by atoms with Crippen molar-refractivity contribution < 1.29 is 18.9 Å². The first kappa shape index (κ1) is 32.4. The highest BCUT2D eigenvalue weighted by Gasteiger charge is 2.48. The van der Waals surface area contributed by atoms with Crippen LogP contribution in [0.2, 0.25) is 0 Å². The Morgan fingerprint density at radius 3 is 1.94 bits per heavy atom. The van der Waals surface area contributed by atoms with Crippen LogP contribution < -0.4 is 19.3 Å². The van der Waals surface area contributed by atoms with Gasteiger partial charge in [-0.1, -0.05) is 68.4 Å². The third-order valence-corrected chi connectivity index (χ3v) is 12.4. The fourth-order valence-corrected chi connectivity index (χ4v) is 9.64. The van der Waals surface area contributed by atoms with E-state index >= 15 is 0 Å². The Bertz CT molecular complexity index is 2060. The number of anilines is 2. The highest BCUT2D eigenvalue weighted by atomic mass is 16.5. The molecule has 1 atom stereocenters. The zero-order valence-electron chi connectivity index (χ0n) is 30.2. The summed E-state index contributed by atoms with van der Waals surface area (Å²) in [5, 5.41) is 2.48. The molecule has 4 aliphatic rings. The van der Waals surface area contributed by atoms with Crippen molar-refractivity contribution in [3.8, 4) is 22.6 Å². The summed E-state index contributed by atoms with van der Waals surface area (Å²) in [6.07, 6.45) is 3.85. The van der Waals surface area contributed by atoms with Crippen LogP contribution in [-0.2, 0) is 26.9 Å². The van der Waals surface area contributed by atoms with E-state index in [0.717, 1.165) is 95.4 Å². The quantitative estimate of drug-likeness (QED) is 0.171. The maximum absolute atomic E-state index is 7.79. The minimum atomic E-state index is -0.675. The van der Waals surface area contributed by atoms with Gasteiger partial charge in [-0.2, -0.15) is 0 Å².